The van der Waals surface area contributed by atoms with Crippen LogP contribution in [0.5, 0.6) is 17.6 Å². The van der Waals surface area contributed by atoms with E-state index in [-0.39, 0.29) is 23.5 Å². The van der Waals surface area contributed by atoms with Gasteiger partial charge < -0.3 is 14.4 Å². The molecule has 0 saturated heterocycles. The van der Waals surface area contributed by atoms with Crippen molar-refractivity contribution in [2.24, 2.45) is 7.05 Å². The van der Waals surface area contributed by atoms with E-state index in [0.29, 0.717) is 36.0 Å². The molecule has 1 N–H and O–H groups in total. The fourth-order valence-corrected chi connectivity index (χ4v) is 3.82. The first-order valence-corrected chi connectivity index (χ1v) is 9.96. The summed E-state index contributed by atoms with van der Waals surface area (Å²) in [5, 5.41) is 5.99. The fraction of sp³-hybridized carbons (Fsp3) is 0.300. The molecule has 1 aliphatic rings. The van der Waals surface area contributed by atoms with E-state index in [2.05, 4.69) is 15.2 Å². The second-order valence-electron chi connectivity index (χ2n) is 7.20. The molecular weight excluding hydrogens is 470 g/mol. The van der Waals surface area contributed by atoms with Gasteiger partial charge in [0.25, 0.3) is 5.56 Å². The zero-order valence-electron chi connectivity index (χ0n) is 17.3. The highest BCUT2D eigenvalue weighted by Crippen LogP contribution is 2.40. The number of halogens is 5. The van der Waals surface area contributed by atoms with Crippen LogP contribution in [-0.4, -0.2) is 28.8 Å². The van der Waals surface area contributed by atoms with E-state index in [1.165, 1.54) is 13.3 Å². The van der Waals surface area contributed by atoms with E-state index >= 15 is 0 Å². The highest BCUT2D eigenvalue weighted by atomic mass is 35.5. The smallest absolute Gasteiger partial charge is 0.431 e. The van der Waals surface area contributed by atoms with Crippen LogP contribution in [0.2, 0.25) is 5.02 Å². The number of aromatic amines is 1. The number of benzene rings is 1. The molecule has 3 heterocycles. The number of nitrogens with one attached hydrogen (secondary N) is 1. The molecule has 0 radical (unpaired) electrons. The van der Waals surface area contributed by atoms with Crippen molar-refractivity contribution in [1.82, 2.24) is 15.2 Å². The summed E-state index contributed by atoms with van der Waals surface area (Å²) in [6.45, 7) is 0.583. The van der Waals surface area contributed by atoms with E-state index < -0.39 is 28.9 Å². The van der Waals surface area contributed by atoms with Gasteiger partial charge in [-0.15, -0.1) is 0 Å². The second kappa shape index (κ2) is 8.50. The third kappa shape index (κ3) is 4.30. The molecule has 0 amide bonds. The highest BCUT2D eigenvalue weighted by molar-refractivity contribution is 6.32. The Hall–Kier alpha value is -3.41. The molecule has 33 heavy (non-hydrogen) atoms. The number of methoxy groups -OCH3 is 1. The second-order valence-corrected chi connectivity index (χ2v) is 7.58. The van der Waals surface area contributed by atoms with Crippen LogP contribution in [0.3, 0.4) is 0 Å². The molecule has 8 nitrogen and oxygen atoms in total. The minimum Gasteiger partial charge on any atom is -0.431 e. The van der Waals surface area contributed by atoms with Crippen molar-refractivity contribution in [2.45, 2.75) is 19.1 Å². The molecule has 0 atom stereocenters. The highest BCUT2D eigenvalue weighted by Gasteiger charge is 2.37. The standard InChI is InChI=1S/C20H16ClF4N5O3/c1-29-14-9-30(13-8-26-28-17(31)16(13)21)6-5-11(14)18(27-19(29)32-2)33-15-4-3-10(22)7-12(15)20(23,24)25/h3-4,7-8H,5-6,9H2,1-2H3/p+1. The number of hydrogen-bond donors (Lipinski definition) is 1. The summed E-state index contributed by atoms with van der Waals surface area (Å²) in [5.41, 5.74) is -0.237. The lowest BCUT2D eigenvalue weighted by molar-refractivity contribution is -0.687. The number of anilines is 1. The van der Waals surface area contributed by atoms with Crippen LogP contribution in [-0.2, 0) is 26.2 Å². The summed E-state index contributed by atoms with van der Waals surface area (Å²) in [6, 6.07) is 2.23. The summed E-state index contributed by atoms with van der Waals surface area (Å²) >= 11 is 6.13. The van der Waals surface area contributed by atoms with Gasteiger partial charge in [-0.05, 0) is 18.2 Å². The maximum absolute atomic E-state index is 13.5. The van der Waals surface area contributed by atoms with Gasteiger partial charge in [0.15, 0.2) is 0 Å². The summed E-state index contributed by atoms with van der Waals surface area (Å²) in [6.07, 6.45) is -3.11. The molecule has 0 aliphatic carbocycles. The number of nitrogens with zero attached hydrogens (tertiary/aromatic N) is 4. The maximum atomic E-state index is 13.5. The van der Waals surface area contributed by atoms with E-state index in [0.717, 1.165) is 12.1 Å². The van der Waals surface area contributed by atoms with Gasteiger partial charge in [-0.3, -0.25) is 4.79 Å². The molecule has 174 valence electrons. The van der Waals surface area contributed by atoms with Gasteiger partial charge in [-0.1, -0.05) is 11.6 Å². The molecule has 0 unspecified atom stereocenters. The van der Waals surface area contributed by atoms with E-state index in [1.54, 1.807) is 16.5 Å². The number of fused-ring (bicyclic) bond motifs is 1. The largest absolute Gasteiger partial charge is 0.501 e. The Balaban J connectivity index is 1.78. The molecule has 1 aromatic carbocycles. The Bertz CT molecular complexity index is 1280. The van der Waals surface area contributed by atoms with Gasteiger partial charge in [0, 0.05) is 17.9 Å². The lowest BCUT2D eigenvalue weighted by Crippen LogP contribution is -2.45. The van der Waals surface area contributed by atoms with E-state index in [9.17, 15) is 22.4 Å². The van der Waals surface area contributed by atoms with Gasteiger partial charge in [0.2, 0.25) is 0 Å². The van der Waals surface area contributed by atoms with Gasteiger partial charge in [0.1, 0.15) is 27.8 Å². The first kappa shape index (κ1) is 22.8. The number of ether oxygens (including phenoxy) is 2. The number of aromatic nitrogens is 4. The molecule has 0 spiro atoms. The summed E-state index contributed by atoms with van der Waals surface area (Å²) in [4.78, 5) is 17.9. The maximum Gasteiger partial charge on any atom is 0.501 e. The number of H-pyrrole nitrogens is 1. The molecule has 0 saturated carbocycles. The lowest BCUT2D eigenvalue weighted by Gasteiger charge is -2.30. The number of rotatable bonds is 4. The Morgan fingerprint density at radius 2 is 2.06 bits per heavy atom. The molecule has 0 fully saturated rings. The molecule has 4 rings (SSSR count). The van der Waals surface area contributed by atoms with Gasteiger partial charge in [-0.25, -0.2) is 9.49 Å². The minimum absolute atomic E-state index is 0.0327. The zero-order valence-corrected chi connectivity index (χ0v) is 18.1. The van der Waals surface area contributed by atoms with Crippen LogP contribution in [0, 0.1) is 5.82 Å². The van der Waals surface area contributed by atoms with Crippen molar-refractivity contribution in [3.05, 3.63) is 62.4 Å². The van der Waals surface area contributed by atoms with Crippen LogP contribution in [0.25, 0.3) is 0 Å². The fourth-order valence-electron chi connectivity index (χ4n) is 3.61. The van der Waals surface area contributed by atoms with E-state index in [1.807, 2.05) is 0 Å². The Labute approximate surface area is 189 Å². The Kier molecular flexibility index (Phi) is 5.87. The average molecular weight is 487 g/mol. The topological polar surface area (TPSA) is 84.2 Å². The van der Waals surface area contributed by atoms with Crippen molar-refractivity contribution in [3.63, 3.8) is 0 Å². The Morgan fingerprint density at radius 3 is 2.76 bits per heavy atom. The normalized spacial score (nSPS) is 13.6. The van der Waals surface area contributed by atoms with Crippen molar-refractivity contribution >= 4 is 17.3 Å². The van der Waals surface area contributed by atoms with Crippen molar-refractivity contribution < 1.29 is 31.6 Å². The number of alkyl halides is 3. The average Bonchev–Trinajstić information content (AvgIpc) is 2.77. The van der Waals surface area contributed by atoms with Crippen LogP contribution in [0.1, 0.15) is 16.8 Å². The quantitative estimate of drug-likeness (QED) is 0.450. The number of hydrogen-bond acceptors (Lipinski definition) is 6. The Morgan fingerprint density at radius 1 is 1.30 bits per heavy atom. The molecular formula is C20H17ClF4N5O3+. The summed E-state index contributed by atoms with van der Waals surface area (Å²) < 4.78 is 66.3. The lowest BCUT2D eigenvalue weighted by atomic mass is 10.1. The third-order valence-electron chi connectivity index (χ3n) is 5.22. The molecule has 13 heteroatoms. The molecule has 0 bridgehead atoms. The SMILES string of the molecule is COc1nc(Oc2ccc(F)cc2C(F)(F)F)c2c([n+]1C)CN(c1cn[nH]c(=O)c1Cl)CC2. The molecule has 1 aliphatic heterocycles. The minimum atomic E-state index is -4.83. The van der Waals surface area contributed by atoms with Crippen molar-refractivity contribution in [1.29, 1.82) is 0 Å². The monoisotopic (exact) mass is 486 g/mol. The predicted molar refractivity (Wildman–Crippen MR) is 108 cm³/mol. The van der Waals surface area contributed by atoms with Crippen LogP contribution < -0.4 is 24.5 Å². The first-order chi connectivity index (χ1) is 15.6. The first-order valence-electron chi connectivity index (χ1n) is 9.58. The van der Waals surface area contributed by atoms with Crippen LogP contribution >= 0.6 is 11.6 Å². The van der Waals surface area contributed by atoms with E-state index in [4.69, 9.17) is 21.1 Å². The van der Waals surface area contributed by atoms with Crippen LogP contribution in [0.4, 0.5) is 23.2 Å². The summed E-state index contributed by atoms with van der Waals surface area (Å²) in [5.74, 6) is -1.72. The molecule has 2 aromatic heterocycles. The predicted octanol–water partition coefficient (Wildman–Crippen LogP) is 3.16. The van der Waals surface area contributed by atoms with Crippen molar-refractivity contribution in [2.75, 3.05) is 18.6 Å². The molecule has 3 aromatic rings. The van der Waals surface area contributed by atoms with Crippen LogP contribution in [0.15, 0.2) is 29.2 Å². The zero-order chi connectivity index (χ0) is 23.9. The van der Waals surface area contributed by atoms with Gasteiger partial charge >= 0.3 is 18.1 Å². The van der Waals surface area contributed by atoms with Gasteiger partial charge in [-0.2, -0.15) is 22.8 Å². The van der Waals surface area contributed by atoms with Crippen molar-refractivity contribution in [3.8, 4) is 17.6 Å². The third-order valence-corrected chi connectivity index (χ3v) is 5.59. The summed E-state index contributed by atoms with van der Waals surface area (Å²) in [7, 11) is 3.03. The van der Waals surface area contributed by atoms with Gasteiger partial charge in [0.05, 0.1) is 38.1 Å².